The molecule has 18 heavy (non-hydrogen) atoms. The minimum absolute atomic E-state index is 0.489. The number of nitrogens with zero attached hydrogens (tertiary/aromatic N) is 1. The Bertz CT molecular complexity index is 456. The number of ether oxygens (including phenoxy) is 1. The molecule has 1 aromatic rings. The van der Waals surface area contributed by atoms with Crippen LogP contribution in [0.2, 0.25) is 5.02 Å². The van der Waals surface area contributed by atoms with Crippen molar-refractivity contribution in [3.63, 3.8) is 0 Å². The average molecular weight is 270 g/mol. The number of hydrogen-bond acceptors (Lipinski definition) is 4. The number of benzene rings is 1. The molecule has 1 saturated heterocycles. The topological polar surface area (TPSA) is 52.9 Å². The summed E-state index contributed by atoms with van der Waals surface area (Å²) in [6.07, 6.45) is -0.412. The largest absolute Gasteiger partial charge is 0.493 e. The summed E-state index contributed by atoms with van der Waals surface area (Å²) in [5.41, 5.74) is 2.19. The predicted molar refractivity (Wildman–Crippen MR) is 67.9 cm³/mol. The molecule has 2 unspecified atom stereocenters. The molecule has 0 radical (unpaired) electrons. The molecular formula is C13H16ClNO3. The smallest absolute Gasteiger partial charge is 0.127 e. The molecule has 0 saturated carbocycles. The number of β-amino-alcohol motifs (C(OH)–C–C–N with tert-alkyl or cyclic N) is 2. The van der Waals surface area contributed by atoms with Crippen molar-refractivity contribution in [3.05, 3.63) is 28.3 Å². The highest BCUT2D eigenvalue weighted by Gasteiger charge is 2.30. The maximum Gasteiger partial charge on any atom is 0.127 e. The van der Waals surface area contributed by atoms with Crippen molar-refractivity contribution in [2.45, 2.75) is 25.2 Å². The van der Waals surface area contributed by atoms with Gasteiger partial charge in [0, 0.05) is 36.6 Å². The van der Waals surface area contributed by atoms with Crippen LogP contribution in [0.4, 0.5) is 0 Å². The Hall–Kier alpha value is -0.810. The Balaban J connectivity index is 1.81. The molecule has 3 rings (SSSR count). The van der Waals surface area contributed by atoms with Gasteiger partial charge in [-0.2, -0.15) is 0 Å². The zero-order valence-electron chi connectivity index (χ0n) is 9.97. The maximum absolute atomic E-state index is 9.55. The summed E-state index contributed by atoms with van der Waals surface area (Å²) < 4.78 is 5.64. The van der Waals surface area contributed by atoms with Gasteiger partial charge in [-0.3, -0.25) is 4.90 Å². The van der Waals surface area contributed by atoms with Crippen molar-refractivity contribution in [3.8, 4) is 5.75 Å². The highest BCUT2D eigenvalue weighted by molar-refractivity contribution is 6.30. The van der Waals surface area contributed by atoms with Gasteiger partial charge in [-0.1, -0.05) is 11.6 Å². The molecule has 0 amide bonds. The first kappa shape index (κ1) is 12.2. The van der Waals surface area contributed by atoms with Crippen LogP contribution < -0.4 is 4.74 Å². The van der Waals surface area contributed by atoms with Gasteiger partial charge in [-0.15, -0.1) is 0 Å². The maximum atomic E-state index is 9.55. The Morgan fingerprint density at radius 3 is 2.72 bits per heavy atom. The highest BCUT2D eigenvalue weighted by atomic mass is 35.5. The van der Waals surface area contributed by atoms with Crippen LogP contribution in [0.25, 0.3) is 0 Å². The fourth-order valence-electron chi connectivity index (χ4n) is 2.68. The summed E-state index contributed by atoms with van der Waals surface area (Å²) in [5, 5.41) is 19.8. The molecule has 1 fully saturated rings. The number of aliphatic hydroxyl groups excluding tert-OH is 2. The van der Waals surface area contributed by atoms with E-state index < -0.39 is 12.2 Å². The van der Waals surface area contributed by atoms with Crippen LogP contribution in [0.15, 0.2) is 12.1 Å². The molecule has 0 bridgehead atoms. The van der Waals surface area contributed by atoms with Crippen LogP contribution in [-0.2, 0) is 13.0 Å². The first-order valence-corrected chi connectivity index (χ1v) is 6.54. The number of fused-ring (bicyclic) bond motifs is 1. The molecule has 5 heteroatoms. The van der Waals surface area contributed by atoms with Gasteiger partial charge in [0.25, 0.3) is 0 Å². The monoisotopic (exact) mass is 269 g/mol. The molecule has 4 nitrogen and oxygen atoms in total. The van der Waals surface area contributed by atoms with Crippen molar-refractivity contribution in [2.24, 2.45) is 0 Å². The van der Waals surface area contributed by atoms with E-state index in [1.165, 1.54) is 0 Å². The molecule has 2 aliphatic rings. The molecule has 0 aromatic heterocycles. The molecule has 1 aromatic carbocycles. The molecule has 0 aliphatic carbocycles. The van der Waals surface area contributed by atoms with E-state index in [2.05, 4.69) is 0 Å². The lowest BCUT2D eigenvalue weighted by molar-refractivity contribution is 0.0572. The molecular weight excluding hydrogens is 254 g/mol. The standard InChI is InChI=1S/C13H16ClNO3/c14-10-3-8-1-2-18-13(8)9(4-10)5-15-6-11(16)12(17)7-15/h3-4,11-12,16-17H,1-2,5-7H2. The number of rotatable bonds is 2. The van der Waals surface area contributed by atoms with Crippen LogP contribution in [0.5, 0.6) is 5.75 Å². The number of aliphatic hydroxyl groups is 2. The first-order valence-electron chi connectivity index (χ1n) is 6.16. The molecule has 2 N–H and O–H groups in total. The van der Waals surface area contributed by atoms with E-state index in [1.54, 1.807) is 0 Å². The van der Waals surface area contributed by atoms with Gasteiger partial charge in [-0.05, 0) is 17.7 Å². The van der Waals surface area contributed by atoms with Gasteiger partial charge in [0.05, 0.1) is 18.8 Å². The second kappa shape index (κ2) is 4.70. The van der Waals surface area contributed by atoms with E-state index >= 15 is 0 Å². The van der Waals surface area contributed by atoms with E-state index in [4.69, 9.17) is 16.3 Å². The van der Waals surface area contributed by atoms with Crippen LogP contribution >= 0.6 is 11.6 Å². The Morgan fingerprint density at radius 2 is 2.00 bits per heavy atom. The minimum Gasteiger partial charge on any atom is -0.493 e. The quantitative estimate of drug-likeness (QED) is 0.834. The first-order chi connectivity index (χ1) is 8.63. The predicted octanol–water partition coefficient (Wildman–Crippen LogP) is 0.812. The van der Waals surface area contributed by atoms with Crippen LogP contribution in [-0.4, -0.2) is 47.0 Å². The normalized spacial score (nSPS) is 27.3. The lowest BCUT2D eigenvalue weighted by atomic mass is 10.1. The summed E-state index contributed by atoms with van der Waals surface area (Å²) >= 11 is 6.10. The molecule has 98 valence electrons. The number of hydrogen-bond donors (Lipinski definition) is 2. The van der Waals surface area contributed by atoms with Crippen LogP contribution in [0, 0.1) is 0 Å². The fraction of sp³-hybridized carbons (Fsp3) is 0.538. The summed E-state index contributed by atoms with van der Waals surface area (Å²) in [5.74, 6) is 0.926. The van der Waals surface area contributed by atoms with Gasteiger partial charge >= 0.3 is 0 Å². The fourth-order valence-corrected chi connectivity index (χ4v) is 2.94. The van der Waals surface area contributed by atoms with E-state index in [1.807, 2.05) is 17.0 Å². The van der Waals surface area contributed by atoms with E-state index in [9.17, 15) is 10.2 Å². The Kier molecular flexibility index (Phi) is 3.20. The Morgan fingerprint density at radius 1 is 1.28 bits per heavy atom. The van der Waals surface area contributed by atoms with E-state index in [-0.39, 0.29) is 0 Å². The summed E-state index contributed by atoms with van der Waals surface area (Å²) in [4.78, 5) is 2.02. The zero-order valence-corrected chi connectivity index (χ0v) is 10.7. The third-order valence-corrected chi connectivity index (χ3v) is 3.77. The van der Waals surface area contributed by atoms with Crippen molar-refractivity contribution in [1.82, 2.24) is 4.90 Å². The second-order valence-electron chi connectivity index (χ2n) is 4.98. The van der Waals surface area contributed by atoms with Gasteiger partial charge in [0.15, 0.2) is 0 Å². The van der Waals surface area contributed by atoms with Gasteiger partial charge in [0.1, 0.15) is 5.75 Å². The summed E-state index contributed by atoms with van der Waals surface area (Å²) in [7, 11) is 0. The minimum atomic E-state index is -0.654. The lowest BCUT2D eigenvalue weighted by Crippen LogP contribution is -2.22. The van der Waals surface area contributed by atoms with Gasteiger partial charge < -0.3 is 14.9 Å². The summed E-state index contributed by atoms with van der Waals surface area (Å²) in [6, 6.07) is 3.85. The highest BCUT2D eigenvalue weighted by Crippen LogP contribution is 2.34. The molecule has 2 aliphatic heterocycles. The lowest BCUT2D eigenvalue weighted by Gasteiger charge is -2.17. The SMILES string of the molecule is OC1CN(Cc2cc(Cl)cc3c2OCC3)CC1O. The van der Waals surface area contributed by atoms with Crippen molar-refractivity contribution in [2.75, 3.05) is 19.7 Å². The molecule has 0 spiro atoms. The Labute approximate surface area is 111 Å². The number of likely N-dealkylation sites (tertiary alicyclic amines) is 1. The van der Waals surface area contributed by atoms with Crippen molar-refractivity contribution >= 4 is 11.6 Å². The zero-order chi connectivity index (χ0) is 12.7. The number of halogens is 1. The van der Waals surface area contributed by atoms with Crippen LogP contribution in [0.1, 0.15) is 11.1 Å². The van der Waals surface area contributed by atoms with E-state index in [0.29, 0.717) is 26.2 Å². The van der Waals surface area contributed by atoms with Crippen molar-refractivity contribution in [1.29, 1.82) is 0 Å². The van der Waals surface area contributed by atoms with Crippen LogP contribution in [0.3, 0.4) is 0 Å². The summed E-state index contributed by atoms with van der Waals surface area (Å²) in [6.45, 7) is 2.33. The van der Waals surface area contributed by atoms with Crippen molar-refractivity contribution < 1.29 is 14.9 Å². The average Bonchev–Trinajstić information content (AvgIpc) is 2.86. The van der Waals surface area contributed by atoms with Gasteiger partial charge in [-0.25, -0.2) is 0 Å². The third-order valence-electron chi connectivity index (χ3n) is 3.55. The third kappa shape index (κ3) is 2.21. The molecule has 2 atom stereocenters. The second-order valence-corrected chi connectivity index (χ2v) is 5.42. The molecule has 2 heterocycles. The van der Waals surface area contributed by atoms with E-state index in [0.717, 1.165) is 28.3 Å². The van der Waals surface area contributed by atoms with Gasteiger partial charge in [0.2, 0.25) is 0 Å².